The van der Waals surface area contributed by atoms with Gasteiger partial charge in [0.2, 0.25) is 0 Å². The van der Waals surface area contributed by atoms with E-state index in [1.54, 1.807) is 18.2 Å². The lowest BCUT2D eigenvalue weighted by molar-refractivity contribution is 0.100. The topological polar surface area (TPSA) is 44.8 Å². The predicted octanol–water partition coefficient (Wildman–Crippen LogP) is 3.76. The van der Waals surface area contributed by atoms with Crippen LogP contribution < -0.4 is 14.2 Å². The molecule has 4 nitrogen and oxygen atoms in total. The monoisotopic (exact) mass is 334 g/mol. The molecule has 0 aromatic heterocycles. The Bertz CT molecular complexity index is 858. The molecule has 0 saturated heterocycles. The maximum atomic E-state index is 12.6. The van der Waals surface area contributed by atoms with Gasteiger partial charge in [0.15, 0.2) is 17.3 Å². The molecule has 1 heterocycles. The largest absolute Gasteiger partial charge is 0.490 e. The van der Waals surface area contributed by atoms with E-state index < -0.39 is 0 Å². The van der Waals surface area contributed by atoms with E-state index in [-0.39, 0.29) is 19.0 Å². The van der Waals surface area contributed by atoms with Crippen LogP contribution in [0.5, 0.6) is 17.2 Å². The number of carbonyl (C=O) groups excluding carboxylic acids is 1. The van der Waals surface area contributed by atoms with Gasteiger partial charge in [0, 0.05) is 5.57 Å². The SMILES string of the molecule is C#CCOc1ccc(/C=C2/COc3ccccc3C2=O)cc1OCC. The summed E-state index contributed by atoms with van der Waals surface area (Å²) in [5.74, 6) is 4.21. The molecule has 0 fully saturated rings. The average molecular weight is 334 g/mol. The van der Waals surface area contributed by atoms with E-state index in [1.807, 2.05) is 37.3 Å². The third-order valence-electron chi connectivity index (χ3n) is 3.73. The Morgan fingerprint density at radius 3 is 2.84 bits per heavy atom. The molecule has 0 aliphatic carbocycles. The molecular formula is C21H18O4. The second-order valence-corrected chi connectivity index (χ2v) is 5.42. The van der Waals surface area contributed by atoms with Gasteiger partial charge in [-0.3, -0.25) is 4.79 Å². The van der Waals surface area contributed by atoms with Crippen LogP contribution in [0.4, 0.5) is 0 Å². The number of carbonyl (C=O) groups is 1. The first-order valence-electron chi connectivity index (χ1n) is 8.03. The molecule has 0 atom stereocenters. The van der Waals surface area contributed by atoms with E-state index in [1.165, 1.54) is 0 Å². The molecule has 0 unspecified atom stereocenters. The van der Waals surface area contributed by atoms with Gasteiger partial charge in [-0.25, -0.2) is 0 Å². The molecule has 25 heavy (non-hydrogen) atoms. The zero-order chi connectivity index (χ0) is 17.6. The fourth-order valence-corrected chi connectivity index (χ4v) is 2.60. The van der Waals surface area contributed by atoms with Crippen LogP contribution in [0.1, 0.15) is 22.8 Å². The fraction of sp³-hybridized carbons (Fsp3) is 0.190. The molecule has 0 N–H and O–H groups in total. The molecule has 0 bridgehead atoms. The van der Waals surface area contributed by atoms with E-state index in [9.17, 15) is 4.79 Å². The van der Waals surface area contributed by atoms with Gasteiger partial charge in [0.1, 0.15) is 19.0 Å². The summed E-state index contributed by atoms with van der Waals surface area (Å²) in [7, 11) is 0. The van der Waals surface area contributed by atoms with Crippen LogP contribution in [0.3, 0.4) is 0 Å². The number of terminal acetylenes is 1. The minimum Gasteiger partial charge on any atom is -0.490 e. The van der Waals surface area contributed by atoms with Crippen LogP contribution in [-0.4, -0.2) is 25.6 Å². The summed E-state index contributed by atoms with van der Waals surface area (Å²) < 4.78 is 16.8. The third-order valence-corrected chi connectivity index (χ3v) is 3.73. The number of fused-ring (bicyclic) bond motifs is 1. The highest BCUT2D eigenvalue weighted by Gasteiger charge is 2.22. The first-order valence-corrected chi connectivity index (χ1v) is 8.03. The zero-order valence-corrected chi connectivity index (χ0v) is 14.0. The van der Waals surface area contributed by atoms with Crippen molar-refractivity contribution in [3.05, 3.63) is 59.2 Å². The van der Waals surface area contributed by atoms with Crippen LogP contribution in [0.25, 0.3) is 6.08 Å². The lowest BCUT2D eigenvalue weighted by Crippen LogP contribution is -2.18. The average Bonchev–Trinajstić information content (AvgIpc) is 2.64. The van der Waals surface area contributed by atoms with E-state index in [0.29, 0.717) is 35.0 Å². The molecule has 4 heteroatoms. The van der Waals surface area contributed by atoms with Crippen LogP contribution in [0.2, 0.25) is 0 Å². The van der Waals surface area contributed by atoms with Crippen molar-refractivity contribution in [3.63, 3.8) is 0 Å². The van der Waals surface area contributed by atoms with Crippen molar-refractivity contribution < 1.29 is 19.0 Å². The number of benzene rings is 2. The molecule has 1 aliphatic rings. The third kappa shape index (κ3) is 3.67. The van der Waals surface area contributed by atoms with Crippen molar-refractivity contribution in [1.82, 2.24) is 0 Å². The smallest absolute Gasteiger partial charge is 0.196 e. The van der Waals surface area contributed by atoms with Crippen molar-refractivity contribution in [2.75, 3.05) is 19.8 Å². The second-order valence-electron chi connectivity index (χ2n) is 5.42. The second kappa shape index (κ2) is 7.59. The number of rotatable bonds is 5. The lowest BCUT2D eigenvalue weighted by atomic mass is 9.98. The maximum Gasteiger partial charge on any atom is 0.196 e. The van der Waals surface area contributed by atoms with Gasteiger partial charge >= 0.3 is 0 Å². The van der Waals surface area contributed by atoms with Crippen LogP contribution in [0, 0.1) is 12.3 Å². The summed E-state index contributed by atoms with van der Waals surface area (Å²) in [6.07, 6.45) is 7.04. The predicted molar refractivity (Wildman–Crippen MR) is 96.2 cm³/mol. The number of para-hydroxylation sites is 1. The van der Waals surface area contributed by atoms with Gasteiger partial charge in [-0.2, -0.15) is 0 Å². The number of hydrogen-bond acceptors (Lipinski definition) is 4. The molecule has 1 aliphatic heterocycles. The van der Waals surface area contributed by atoms with Gasteiger partial charge in [-0.1, -0.05) is 24.1 Å². The molecule has 2 aromatic carbocycles. The van der Waals surface area contributed by atoms with Crippen LogP contribution in [0.15, 0.2) is 48.0 Å². The van der Waals surface area contributed by atoms with E-state index in [2.05, 4.69) is 5.92 Å². The Balaban J connectivity index is 1.90. The molecule has 2 aromatic rings. The molecule has 0 radical (unpaired) electrons. The van der Waals surface area contributed by atoms with Gasteiger partial charge in [0.25, 0.3) is 0 Å². The Labute approximate surface area is 147 Å². The highest BCUT2D eigenvalue weighted by molar-refractivity contribution is 6.14. The van der Waals surface area contributed by atoms with Gasteiger partial charge < -0.3 is 14.2 Å². The summed E-state index contributed by atoms with van der Waals surface area (Å²) in [6, 6.07) is 12.7. The fourth-order valence-electron chi connectivity index (χ4n) is 2.60. The standard InChI is InChI=1S/C21H18O4/c1-3-11-24-19-10-9-15(13-20(19)23-4-2)12-16-14-25-18-8-6-5-7-17(18)21(16)22/h1,5-10,12-13H,4,11,14H2,2H3/b16-12-. The summed E-state index contributed by atoms with van der Waals surface area (Å²) >= 11 is 0. The molecule has 0 saturated carbocycles. The Morgan fingerprint density at radius 2 is 2.04 bits per heavy atom. The van der Waals surface area contributed by atoms with Gasteiger partial charge in [-0.05, 0) is 42.8 Å². The van der Waals surface area contributed by atoms with E-state index in [4.69, 9.17) is 20.6 Å². The van der Waals surface area contributed by atoms with Crippen molar-refractivity contribution in [1.29, 1.82) is 0 Å². The highest BCUT2D eigenvalue weighted by Crippen LogP contribution is 2.31. The first kappa shape index (κ1) is 16.7. The number of ketones is 1. The zero-order valence-electron chi connectivity index (χ0n) is 14.0. The van der Waals surface area contributed by atoms with Crippen molar-refractivity contribution >= 4 is 11.9 Å². The minimum absolute atomic E-state index is 0.0209. The normalized spacial score (nSPS) is 14.4. The van der Waals surface area contributed by atoms with Gasteiger partial charge in [0.05, 0.1) is 12.2 Å². The van der Waals surface area contributed by atoms with Crippen molar-refractivity contribution in [3.8, 4) is 29.6 Å². The van der Waals surface area contributed by atoms with Crippen LogP contribution in [-0.2, 0) is 0 Å². The summed E-state index contributed by atoms with van der Waals surface area (Å²) in [5.41, 5.74) is 2.01. The molecule has 0 spiro atoms. The molecule has 0 amide bonds. The highest BCUT2D eigenvalue weighted by atomic mass is 16.5. The summed E-state index contributed by atoms with van der Waals surface area (Å²) in [5, 5.41) is 0. The number of hydrogen-bond donors (Lipinski definition) is 0. The maximum absolute atomic E-state index is 12.6. The molecule has 126 valence electrons. The van der Waals surface area contributed by atoms with Gasteiger partial charge in [-0.15, -0.1) is 6.42 Å². The van der Waals surface area contributed by atoms with Crippen molar-refractivity contribution in [2.45, 2.75) is 6.92 Å². The summed E-state index contributed by atoms with van der Waals surface area (Å²) in [4.78, 5) is 12.6. The molecular weight excluding hydrogens is 316 g/mol. The molecule has 3 rings (SSSR count). The lowest BCUT2D eigenvalue weighted by Gasteiger charge is -2.18. The minimum atomic E-state index is -0.0209. The number of ether oxygens (including phenoxy) is 3. The Kier molecular flexibility index (Phi) is 5.06. The number of Topliss-reactive ketones (excluding diaryl/α,β-unsaturated/α-hetero) is 1. The van der Waals surface area contributed by atoms with E-state index >= 15 is 0 Å². The first-order chi connectivity index (χ1) is 12.2. The van der Waals surface area contributed by atoms with Crippen LogP contribution >= 0.6 is 0 Å². The quantitative estimate of drug-likeness (QED) is 0.617. The summed E-state index contributed by atoms with van der Waals surface area (Å²) in [6.45, 7) is 2.81. The van der Waals surface area contributed by atoms with Crippen molar-refractivity contribution in [2.24, 2.45) is 0 Å². The Morgan fingerprint density at radius 1 is 1.20 bits per heavy atom. The Hall–Kier alpha value is -3.19. The van der Waals surface area contributed by atoms with E-state index in [0.717, 1.165) is 5.56 Å².